The summed E-state index contributed by atoms with van der Waals surface area (Å²) in [5, 5.41) is 2.94. The number of unbranched alkanes of at least 4 members (excludes halogenated alkanes) is 3. The van der Waals surface area contributed by atoms with E-state index in [0.29, 0.717) is 13.0 Å². The number of ether oxygens (including phenoxy) is 2. The van der Waals surface area contributed by atoms with Crippen molar-refractivity contribution in [2.45, 2.75) is 45.4 Å². The van der Waals surface area contributed by atoms with Gasteiger partial charge in [0.1, 0.15) is 11.5 Å². The highest BCUT2D eigenvalue weighted by Gasteiger charge is 2.01. The van der Waals surface area contributed by atoms with E-state index in [2.05, 4.69) is 12.2 Å². The van der Waals surface area contributed by atoms with E-state index >= 15 is 0 Å². The van der Waals surface area contributed by atoms with Crippen molar-refractivity contribution in [2.75, 3.05) is 20.3 Å². The molecule has 0 aliphatic heterocycles. The molecular formula is C17H27NO3. The Balaban J connectivity index is 2.03. The molecule has 0 unspecified atom stereocenters. The third-order valence-corrected chi connectivity index (χ3v) is 3.23. The second kappa shape index (κ2) is 11.0. The van der Waals surface area contributed by atoms with Crippen LogP contribution in [0.3, 0.4) is 0 Å². The maximum absolute atomic E-state index is 11.6. The van der Waals surface area contributed by atoms with Crippen LogP contribution in [0, 0.1) is 0 Å². The van der Waals surface area contributed by atoms with Gasteiger partial charge in [-0.2, -0.15) is 0 Å². The zero-order valence-corrected chi connectivity index (χ0v) is 13.2. The Morgan fingerprint density at radius 1 is 1.05 bits per heavy atom. The van der Waals surface area contributed by atoms with Crippen LogP contribution in [0.4, 0.5) is 0 Å². The Bertz CT molecular complexity index is 390. The van der Waals surface area contributed by atoms with Gasteiger partial charge < -0.3 is 14.8 Å². The van der Waals surface area contributed by atoms with Crippen LogP contribution in [0.15, 0.2) is 24.3 Å². The molecule has 4 nitrogen and oxygen atoms in total. The summed E-state index contributed by atoms with van der Waals surface area (Å²) in [7, 11) is 1.64. The summed E-state index contributed by atoms with van der Waals surface area (Å²) in [4.78, 5) is 11.6. The van der Waals surface area contributed by atoms with E-state index < -0.39 is 0 Å². The zero-order chi connectivity index (χ0) is 15.3. The third-order valence-electron chi connectivity index (χ3n) is 3.23. The number of amides is 1. The molecule has 0 saturated carbocycles. The van der Waals surface area contributed by atoms with Crippen molar-refractivity contribution in [1.29, 1.82) is 0 Å². The van der Waals surface area contributed by atoms with Crippen LogP contribution in [0.5, 0.6) is 11.5 Å². The minimum absolute atomic E-state index is 0.116. The summed E-state index contributed by atoms with van der Waals surface area (Å²) in [6.45, 7) is 3.52. The van der Waals surface area contributed by atoms with Crippen molar-refractivity contribution < 1.29 is 14.3 Å². The number of hydrogen-bond acceptors (Lipinski definition) is 3. The molecule has 1 amide bonds. The van der Waals surface area contributed by atoms with E-state index in [1.165, 1.54) is 19.3 Å². The van der Waals surface area contributed by atoms with E-state index in [4.69, 9.17) is 9.47 Å². The smallest absolute Gasteiger partial charge is 0.220 e. The molecule has 0 fully saturated rings. The Hall–Kier alpha value is -1.71. The average molecular weight is 293 g/mol. The maximum Gasteiger partial charge on any atom is 0.220 e. The van der Waals surface area contributed by atoms with Crippen LogP contribution < -0.4 is 14.8 Å². The van der Waals surface area contributed by atoms with Gasteiger partial charge in [-0.25, -0.2) is 0 Å². The summed E-state index contributed by atoms with van der Waals surface area (Å²) in [6, 6.07) is 7.45. The predicted molar refractivity (Wildman–Crippen MR) is 84.9 cm³/mol. The molecule has 4 heteroatoms. The van der Waals surface area contributed by atoms with Crippen molar-refractivity contribution in [1.82, 2.24) is 5.32 Å². The second-order valence-electron chi connectivity index (χ2n) is 5.04. The van der Waals surface area contributed by atoms with Gasteiger partial charge in [-0.15, -0.1) is 0 Å². The van der Waals surface area contributed by atoms with Crippen LogP contribution in [0.1, 0.15) is 45.4 Å². The molecule has 1 N–H and O–H groups in total. The molecule has 0 heterocycles. The lowest BCUT2D eigenvalue weighted by atomic mass is 10.2. The van der Waals surface area contributed by atoms with Gasteiger partial charge >= 0.3 is 0 Å². The SMILES string of the molecule is CCCCCCNC(=O)CCCOc1ccc(OC)cc1. The quantitative estimate of drug-likeness (QED) is 0.635. The summed E-state index contributed by atoms with van der Waals surface area (Å²) >= 11 is 0. The Kier molecular flexibility index (Phi) is 9.09. The number of carbonyl (C=O) groups is 1. The van der Waals surface area contributed by atoms with Crippen LogP contribution in [-0.2, 0) is 4.79 Å². The van der Waals surface area contributed by atoms with Gasteiger partial charge in [0, 0.05) is 13.0 Å². The minimum atomic E-state index is 0.116. The first kappa shape index (κ1) is 17.3. The van der Waals surface area contributed by atoms with E-state index in [1.807, 2.05) is 24.3 Å². The third kappa shape index (κ3) is 8.23. The molecule has 0 spiro atoms. The molecular weight excluding hydrogens is 266 g/mol. The van der Waals surface area contributed by atoms with E-state index in [-0.39, 0.29) is 5.91 Å². The zero-order valence-electron chi connectivity index (χ0n) is 13.2. The average Bonchev–Trinajstić information content (AvgIpc) is 2.52. The topological polar surface area (TPSA) is 47.6 Å². The molecule has 0 aliphatic rings. The molecule has 0 bridgehead atoms. The molecule has 0 atom stereocenters. The number of carbonyl (C=O) groups excluding carboxylic acids is 1. The summed E-state index contributed by atoms with van der Waals surface area (Å²) < 4.78 is 10.7. The van der Waals surface area contributed by atoms with Gasteiger partial charge in [0.15, 0.2) is 0 Å². The summed E-state index contributed by atoms with van der Waals surface area (Å²) in [6.07, 6.45) is 5.97. The van der Waals surface area contributed by atoms with E-state index in [0.717, 1.165) is 30.9 Å². The van der Waals surface area contributed by atoms with Gasteiger partial charge in [0.25, 0.3) is 0 Å². The van der Waals surface area contributed by atoms with Crippen LogP contribution >= 0.6 is 0 Å². The molecule has 118 valence electrons. The first-order chi connectivity index (χ1) is 10.3. The molecule has 1 aromatic rings. The second-order valence-corrected chi connectivity index (χ2v) is 5.04. The van der Waals surface area contributed by atoms with Gasteiger partial charge in [-0.3, -0.25) is 4.79 Å². The standard InChI is InChI=1S/C17H27NO3/c1-3-4-5-6-13-18-17(19)8-7-14-21-16-11-9-15(20-2)10-12-16/h9-12H,3-8,13-14H2,1-2H3,(H,18,19). The highest BCUT2D eigenvalue weighted by Crippen LogP contribution is 2.17. The predicted octanol–water partition coefficient (Wildman–Crippen LogP) is 3.55. The van der Waals surface area contributed by atoms with Crippen LogP contribution in [0.2, 0.25) is 0 Å². The van der Waals surface area contributed by atoms with Crippen LogP contribution in [0.25, 0.3) is 0 Å². The number of hydrogen-bond donors (Lipinski definition) is 1. The van der Waals surface area contributed by atoms with Crippen molar-refractivity contribution in [3.63, 3.8) is 0 Å². The van der Waals surface area contributed by atoms with E-state index in [9.17, 15) is 4.79 Å². The summed E-state index contributed by atoms with van der Waals surface area (Å²) in [5.41, 5.74) is 0. The first-order valence-corrected chi connectivity index (χ1v) is 7.79. The molecule has 21 heavy (non-hydrogen) atoms. The number of methoxy groups -OCH3 is 1. The number of nitrogens with one attached hydrogen (secondary N) is 1. The van der Waals surface area contributed by atoms with E-state index in [1.54, 1.807) is 7.11 Å². The summed E-state index contributed by atoms with van der Waals surface area (Å²) in [5.74, 6) is 1.73. The van der Waals surface area contributed by atoms with Gasteiger partial charge in [0.2, 0.25) is 5.91 Å². The lowest BCUT2D eigenvalue weighted by Crippen LogP contribution is -2.24. The molecule has 0 aliphatic carbocycles. The highest BCUT2D eigenvalue weighted by molar-refractivity contribution is 5.75. The lowest BCUT2D eigenvalue weighted by molar-refractivity contribution is -0.121. The largest absolute Gasteiger partial charge is 0.497 e. The number of benzene rings is 1. The fourth-order valence-electron chi connectivity index (χ4n) is 1.96. The van der Waals surface area contributed by atoms with Gasteiger partial charge in [0.05, 0.1) is 13.7 Å². The minimum Gasteiger partial charge on any atom is -0.497 e. The molecule has 0 saturated heterocycles. The van der Waals surface area contributed by atoms with Crippen molar-refractivity contribution in [2.24, 2.45) is 0 Å². The van der Waals surface area contributed by atoms with Gasteiger partial charge in [-0.1, -0.05) is 26.2 Å². The maximum atomic E-state index is 11.6. The Labute approximate surface area is 127 Å². The van der Waals surface area contributed by atoms with Crippen molar-refractivity contribution >= 4 is 5.91 Å². The fourth-order valence-corrected chi connectivity index (χ4v) is 1.96. The molecule has 1 rings (SSSR count). The van der Waals surface area contributed by atoms with Gasteiger partial charge in [-0.05, 0) is 37.1 Å². The Morgan fingerprint density at radius 3 is 2.43 bits per heavy atom. The van der Waals surface area contributed by atoms with Crippen molar-refractivity contribution in [3.8, 4) is 11.5 Å². The highest BCUT2D eigenvalue weighted by atomic mass is 16.5. The fraction of sp³-hybridized carbons (Fsp3) is 0.588. The normalized spacial score (nSPS) is 10.2. The monoisotopic (exact) mass is 293 g/mol. The van der Waals surface area contributed by atoms with Crippen molar-refractivity contribution in [3.05, 3.63) is 24.3 Å². The van der Waals surface area contributed by atoms with Crippen LogP contribution in [-0.4, -0.2) is 26.2 Å². The Morgan fingerprint density at radius 2 is 1.76 bits per heavy atom. The number of rotatable bonds is 11. The lowest BCUT2D eigenvalue weighted by Gasteiger charge is -2.07. The molecule has 0 aromatic heterocycles. The first-order valence-electron chi connectivity index (χ1n) is 7.79. The molecule has 1 aromatic carbocycles. The molecule has 0 radical (unpaired) electrons.